The van der Waals surface area contributed by atoms with Gasteiger partial charge in [-0.1, -0.05) is 18.2 Å². The molecule has 0 fully saturated rings. The molecule has 0 spiro atoms. The first-order valence-electron chi connectivity index (χ1n) is 8.93. The zero-order valence-corrected chi connectivity index (χ0v) is 15.9. The number of urea groups is 1. The van der Waals surface area contributed by atoms with Gasteiger partial charge in [-0.25, -0.2) is 4.79 Å². The molecule has 3 rings (SSSR count). The number of imide groups is 1. The number of ether oxygens (including phenoxy) is 2. The number of fused-ring (bicyclic) bond motifs is 1. The van der Waals surface area contributed by atoms with Gasteiger partial charge in [0, 0.05) is 18.7 Å². The molecule has 2 N–H and O–H groups in total. The monoisotopic (exact) mass is 419 g/mol. The molecule has 0 radical (unpaired) electrons. The van der Waals surface area contributed by atoms with Crippen LogP contribution < -0.4 is 20.1 Å². The van der Waals surface area contributed by atoms with Crippen molar-refractivity contribution in [1.82, 2.24) is 15.5 Å². The van der Waals surface area contributed by atoms with Crippen molar-refractivity contribution in [2.75, 3.05) is 13.7 Å². The molecule has 10 heteroatoms. The number of rotatable bonds is 8. The highest BCUT2D eigenvalue weighted by atomic mass is 19.3. The minimum absolute atomic E-state index is 0.0402. The third kappa shape index (κ3) is 4.83. The molecule has 0 aromatic heterocycles. The molecular formula is C20H19F2N3O5. The standard InChI is InChI=1S/C20H19F2N3O5/c1-29-15-7-4-13-9-25(18(27)16(13)8-15)10-17(24-20(28)23-11-26)12-2-5-14(6-3-12)30-19(21)22/h2-8,11,17,19H,9-10H2,1H3,(H2,23,24,26,28)/t17-/m0/s1. The molecule has 2 aromatic carbocycles. The Morgan fingerprint density at radius 3 is 2.53 bits per heavy atom. The number of nitrogens with one attached hydrogen (secondary N) is 2. The fourth-order valence-electron chi connectivity index (χ4n) is 3.20. The Balaban J connectivity index is 1.80. The van der Waals surface area contributed by atoms with Gasteiger partial charge in [0.05, 0.1) is 13.2 Å². The Morgan fingerprint density at radius 1 is 1.20 bits per heavy atom. The van der Waals surface area contributed by atoms with Gasteiger partial charge < -0.3 is 19.7 Å². The first kappa shape index (κ1) is 21.0. The van der Waals surface area contributed by atoms with Crippen molar-refractivity contribution in [2.24, 2.45) is 0 Å². The van der Waals surface area contributed by atoms with Gasteiger partial charge in [0.2, 0.25) is 6.41 Å². The Labute approximate surface area is 170 Å². The van der Waals surface area contributed by atoms with Crippen LogP contribution in [0.4, 0.5) is 13.6 Å². The lowest BCUT2D eigenvalue weighted by molar-refractivity contribution is -0.108. The summed E-state index contributed by atoms with van der Waals surface area (Å²) in [5.41, 5.74) is 1.86. The molecule has 30 heavy (non-hydrogen) atoms. The molecule has 0 aliphatic carbocycles. The van der Waals surface area contributed by atoms with E-state index in [4.69, 9.17) is 4.74 Å². The predicted molar refractivity (Wildman–Crippen MR) is 101 cm³/mol. The first-order valence-corrected chi connectivity index (χ1v) is 8.93. The quantitative estimate of drug-likeness (QED) is 0.641. The van der Waals surface area contributed by atoms with Crippen LogP contribution in [0.1, 0.15) is 27.5 Å². The summed E-state index contributed by atoms with van der Waals surface area (Å²) >= 11 is 0. The van der Waals surface area contributed by atoms with Crippen LogP contribution in [0.2, 0.25) is 0 Å². The van der Waals surface area contributed by atoms with Crippen LogP contribution in [0.25, 0.3) is 0 Å². The number of alkyl halides is 2. The van der Waals surface area contributed by atoms with E-state index in [2.05, 4.69) is 10.1 Å². The zero-order valence-electron chi connectivity index (χ0n) is 15.9. The van der Waals surface area contributed by atoms with Gasteiger partial charge >= 0.3 is 12.6 Å². The van der Waals surface area contributed by atoms with Gasteiger partial charge in [0.15, 0.2) is 0 Å². The molecule has 0 bridgehead atoms. The van der Waals surface area contributed by atoms with Crippen LogP contribution in [0.3, 0.4) is 0 Å². The molecule has 0 saturated heterocycles. The van der Waals surface area contributed by atoms with Gasteiger partial charge in [-0.15, -0.1) is 0 Å². The normalized spacial score (nSPS) is 13.6. The number of carbonyl (C=O) groups excluding carboxylic acids is 3. The van der Waals surface area contributed by atoms with Crippen molar-refractivity contribution >= 4 is 18.3 Å². The Morgan fingerprint density at radius 2 is 1.90 bits per heavy atom. The smallest absolute Gasteiger partial charge is 0.387 e. The highest BCUT2D eigenvalue weighted by Gasteiger charge is 2.30. The minimum atomic E-state index is -2.96. The fraction of sp³-hybridized carbons (Fsp3) is 0.250. The second-order valence-electron chi connectivity index (χ2n) is 6.44. The number of carbonyl (C=O) groups is 3. The van der Waals surface area contributed by atoms with Crippen LogP contribution in [0.15, 0.2) is 42.5 Å². The first-order chi connectivity index (χ1) is 14.4. The second kappa shape index (κ2) is 9.21. The lowest BCUT2D eigenvalue weighted by Gasteiger charge is -2.25. The second-order valence-corrected chi connectivity index (χ2v) is 6.44. The molecule has 8 nitrogen and oxygen atoms in total. The minimum Gasteiger partial charge on any atom is -0.497 e. The summed E-state index contributed by atoms with van der Waals surface area (Å²) in [6.07, 6.45) is 0.231. The molecular weight excluding hydrogens is 400 g/mol. The SMILES string of the molecule is COc1ccc2c(c1)C(=O)N(C[C@H](NC(=O)NC=O)c1ccc(OC(F)F)cc1)C2. The average Bonchev–Trinajstić information content (AvgIpc) is 3.02. The van der Waals surface area contributed by atoms with E-state index in [1.54, 1.807) is 23.1 Å². The molecule has 4 amide bonds. The van der Waals surface area contributed by atoms with Gasteiger partial charge in [0.1, 0.15) is 11.5 Å². The Kier molecular flexibility index (Phi) is 6.45. The average molecular weight is 419 g/mol. The van der Waals surface area contributed by atoms with Gasteiger partial charge in [-0.3, -0.25) is 14.9 Å². The largest absolute Gasteiger partial charge is 0.497 e. The highest BCUT2D eigenvalue weighted by molar-refractivity contribution is 5.98. The van der Waals surface area contributed by atoms with Crippen molar-refractivity contribution in [2.45, 2.75) is 19.2 Å². The molecule has 1 aliphatic rings. The van der Waals surface area contributed by atoms with Crippen LogP contribution in [0, 0.1) is 0 Å². The number of methoxy groups -OCH3 is 1. The number of nitrogens with zero attached hydrogens (tertiary/aromatic N) is 1. The summed E-state index contributed by atoms with van der Waals surface area (Å²) in [5, 5.41) is 4.58. The van der Waals surface area contributed by atoms with Crippen LogP contribution >= 0.6 is 0 Å². The summed E-state index contributed by atoms with van der Waals surface area (Å²) < 4.78 is 34.2. The van der Waals surface area contributed by atoms with E-state index >= 15 is 0 Å². The molecule has 0 unspecified atom stereocenters. The molecule has 1 atom stereocenters. The fourth-order valence-corrected chi connectivity index (χ4v) is 3.20. The lowest BCUT2D eigenvalue weighted by Crippen LogP contribution is -2.42. The molecule has 1 aliphatic heterocycles. The molecule has 0 saturated carbocycles. The van der Waals surface area contributed by atoms with Crippen molar-refractivity contribution in [3.05, 3.63) is 59.2 Å². The number of benzene rings is 2. The number of amides is 4. The predicted octanol–water partition coefficient (Wildman–Crippen LogP) is 2.45. The summed E-state index contributed by atoms with van der Waals surface area (Å²) in [7, 11) is 1.51. The third-order valence-electron chi connectivity index (χ3n) is 4.60. The van der Waals surface area contributed by atoms with E-state index in [-0.39, 0.29) is 24.6 Å². The maximum atomic E-state index is 12.8. The molecule has 2 aromatic rings. The van der Waals surface area contributed by atoms with Gasteiger partial charge in [-0.05, 0) is 35.4 Å². The van der Waals surface area contributed by atoms with Crippen molar-refractivity contribution in [3.8, 4) is 11.5 Å². The summed E-state index contributed by atoms with van der Waals surface area (Å²) in [5.74, 6) is 0.282. The topological polar surface area (TPSA) is 97.0 Å². The van der Waals surface area contributed by atoms with Crippen molar-refractivity contribution in [1.29, 1.82) is 0 Å². The van der Waals surface area contributed by atoms with E-state index in [9.17, 15) is 23.2 Å². The highest BCUT2D eigenvalue weighted by Crippen LogP contribution is 2.29. The molecule has 158 valence electrons. The number of hydrogen-bond acceptors (Lipinski definition) is 5. The van der Waals surface area contributed by atoms with E-state index < -0.39 is 18.7 Å². The Bertz CT molecular complexity index is 937. The lowest BCUT2D eigenvalue weighted by atomic mass is 10.1. The van der Waals surface area contributed by atoms with Crippen LogP contribution in [-0.4, -0.2) is 43.5 Å². The van der Waals surface area contributed by atoms with Crippen LogP contribution in [0.5, 0.6) is 11.5 Å². The third-order valence-corrected chi connectivity index (χ3v) is 4.60. The summed E-state index contributed by atoms with van der Waals surface area (Å²) in [6.45, 7) is -2.53. The zero-order chi connectivity index (χ0) is 21.7. The van der Waals surface area contributed by atoms with E-state index in [1.807, 2.05) is 5.32 Å². The number of hydrogen-bond donors (Lipinski definition) is 2. The van der Waals surface area contributed by atoms with E-state index in [0.29, 0.717) is 23.4 Å². The molecule has 1 heterocycles. The van der Waals surface area contributed by atoms with E-state index in [0.717, 1.165) is 5.56 Å². The van der Waals surface area contributed by atoms with Crippen molar-refractivity contribution < 1.29 is 32.6 Å². The summed E-state index contributed by atoms with van der Waals surface area (Å²) in [6, 6.07) is 9.41. The van der Waals surface area contributed by atoms with Crippen LogP contribution in [-0.2, 0) is 11.3 Å². The maximum absolute atomic E-state index is 12.8. The van der Waals surface area contributed by atoms with Crippen molar-refractivity contribution in [3.63, 3.8) is 0 Å². The van der Waals surface area contributed by atoms with Gasteiger partial charge in [-0.2, -0.15) is 8.78 Å². The Hall–Kier alpha value is -3.69. The number of halogens is 2. The maximum Gasteiger partial charge on any atom is 0.387 e. The summed E-state index contributed by atoms with van der Waals surface area (Å²) in [4.78, 5) is 36.8. The van der Waals surface area contributed by atoms with Gasteiger partial charge in [0.25, 0.3) is 5.91 Å². The van der Waals surface area contributed by atoms with E-state index in [1.165, 1.54) is 31.4 Å².